The topological polar surface area (TPSA) is 58.6 Å². The molecule has 0 saturated heterocycles. The number of aryl methyl sites for hydroxylation is 3. The van der Waals surface area contributed by atoms with Gasteiger partial charge in [-0.3, -0.25) is 9.59 Å². The fourth-order valence-corrected chi connectivity index (χ4v) is 3.01. The van der Waals surface area contributed by atoms with Crippen LogP contribution in [0.4, 0.5) is 0 Å². The molecule has 5 nitrogen and oxygen atoms in total. The van der Waals surface area contributed by atoms with Gasteiger partial charge in [-0.05, 0) is 56.5 Å². The molecule has 2 aromatic rings. The number of nitrogens with one attached hydrogen (secondary N) is 1. The predicted octanol–water partition coefficient (Wildman–Crippen LogP) is 3.81. The number of hydrogen-bond acceptors (Lipinski definition) is 3. The second kappa shape index (κ2) is 9.60. The van der Waals surface area contributed by atoms with Crippen LogP contribution in [-0.4, -0.2) is 36.4 Å². The van der Waals surface area contributed by atoms with Crippen molar-refractivity contribution in [3.05, 3.63) is 63.7 Å². The maximum absolute atomic E-state index is 12.9. The van der Waals surface area contributed by atoms with Crippen molar-refractivity contribution in [3.63, 3.8) is 0 Å². The molecule has 2 amide bonds. The molecule has 0 aliphatic rings. The van der Waals surface area contributed by atoms with Gasteiger partial charge in [-0.25, -0.2) is 0 Å². The van der Waals surface area contributed by atoms with Gasteiger partial charge in [0.1, 0.15) is 11.8 Å². The van der Waals surface area contributed by atoms with Crippen LogP contribution in [0.25, 0.3) is 0 Å². The number of hydrogen-bond donors (Lipinski definition) is 1. The number of nitrogens with zero attached hydrogens (tertiary/aromatic N) is 1. The second-order valence-corrected chi connectivity index (χ2v) is 7.34. The van der Waals surface area contributed by atoms with Gasteiger partial charge in [0, 0.05) is 18.6 Å². The fraction of sp³-hybridized carbons (Fsp3) is 0.364. The predicted molar refractivity (Wildman–Crippen MR) is 112 cm³/mol. The number of carbonyl (C=O) groups excluding carboxylic acids is 2. The summed E-state index contributed by atoms with van der Waals surface area (Å²) >= 11 is 6.18. The van der Waals surface area contributed by atoms with Gasteiger partial charge in [0.2, 0.25) is 5.91 Å². The van der Waals surface area contributed by atoms with Gasteiger partial charge in [-0.15, -0.1) is 0 Å². The summed E-state index contributed by atoms with van der Waals surface area (Å²) in [6, 6.07) is 10.9. The van der Waals surface area contributed by atoms with Crippen LogP contribution in [0.15, 0.2) is 36.4 Å². The zero-order valence-electron chi connectivity index (χ0n) is 17.0. The highest BCUT2D eigenvalue weighted by atomic mass is 35.5. The molecule has 1 atom stereocenters. The van der Waals surface area contributed by atoms with Crippen molar-refractivity contribution in [1.82, 2.24) is 10.2 Å². The highest BCUT2D eigenvalue weighted by molar-refractivity contribution is 6.32. The third kappa shape index (κ3) is 5.49. The van der Waals surface area contributed by atoms with Crippen LogP contribution in [0.1, 0.15) is 29.2 Å². The lowest BCUT2D eigenvalue weighted by Gasteiger charge is -2.28. The molecule has 0 spiro atoms. The van der Waals surface area contributed by atoms with E-state index in [1.807, 2.05) is 45.0 Å². The molecule has 0 aliphatic heterocycles. The Bertz CT molecular complexity index is 826. The molecule has 1 unspecified atom stereocenters. The molecule has 0 bridgehead atoms. The van der Waals surface area contributed by atoms with Crippen molar-refractivity contribution >= 4 is 23.4 Å². The summed E-state index contributed by atoms with van der Waals surface area (Å²) in [6.45, 7) is 7.66. The van der Waals surface area contributed by atoms with Crippen LogP contribution >= 0.6 is 11.6 Å². The van der Waals surface area contributed by atoms with E-state index in [0.29, 0.717) is 17.3 Å². The van der Waals surface area contributed by atoms with Crippen molar-refractivity contribution in [3.8, 4) is 5.75 Å². The lowest BCUT2D eigenvalue weighted by Crippen LogP contribution is -2.48. The number of benzene rings is 2. The van der Waals surface area contributed by atoms with E-state index in [4.69, 9.17) is 16.3 Å². The summed E-state index contributed by atoms with van der Waals surface area (Å²) in [7, 11) is 1.56. The minimum absolute atomic E-state index is 0.159. The number of likely N-dealkylation sites (N-methyl/N-ethyl adjacent to an activating group) is 1. The zero-order valence-corrected chi connectivity index (χ0v) is 17.8. The average molecular weight is 403 g/mol. The molecule has 150 valence electrons. The summed E-state index contributed by atoms with van der Waals surface area (Å²) in [5, 5.41) is 3.29. The monoisotopic (exact) mass is 402 g/mol. The first-order chi connectivity index (χ1) is 13.2. The molecular formula is C22H27ClN2O3. The molecule has 6 heteroatoms. The Balaban J connectivity index is 2.16. The Morgan fingerprint density at radius 2 is 1.68 bits per heavy atom. The molecule has 0 aliphatic carbocycles. The van der Waals surface area contributed by atoms with Crippen LogP contribution in [0.5, 0.6) is 5.75 Å². The third-order valence-electron chi connectivity index (χ3n) is 4.66. The molecule has 2 aromatic carbocycles. The first-order valence-corrected chi connectivity index (χ1v) is 9.57. The normalized spacial score (nSPS) is 11.6. The van der Waals surface area contributed by atoms with E-state index in [2.05, 4.69) is 5.32 Å². The molecule has 28 heavy (non-hydrogen) atoms. The maximum atomic E-state index is 12.9. The second-order valence-electron chi connectivity index (χ2n) is 6.96. The number of ether oxygens (including phenoxy) is 1. The Hall–Kier alpha value is -2.53. The van der Waals surface area contributed by atoms with Crippen LogP contribution in [0.2, 0.25) is 5.02 Å². The number of carbonyl (C=O) groups is 2. The Labute approximate surface area is 171 Å². The Kier molecular flexibility index (Phi) is 7.46. The minimum atomic E-state index is -0.615. The van der Waals surface area contributed by atoms with Crippen molar-refractivity contribution in [2.45, 2.75) is 40.3 Å². The van der Waals surface area contributed by atoms with Crippen molar-refractivity contribution in [1.29, 1.82) is 0 Å². The number of halogens is 1. The molecule has 0 fully saturated rings. The van der Waals surface area contributed by atoms with E-state index < -0.39 is 6.04 Å². The lowest BCUT2D eigenvalue weighted by molar-refractivity contribution is -0.142. The highest BCUT2D eigenvalue weighted by Crippen LogP contribution is 2.26. The summed E-state index contributed by atoms with van der Waals surface area (Å²) in [4.78, 5) is 26.6. The van der Waals surface area contributed by atoms with Gasteiger partial charge in [-0.1, -0.05) is 41.4 Å². The van der Waals surface area contributed by atoms with Gasteiger partial charge < -0.3 is 15.0 Å². The lowest BCUT2D eigenvalue weighted by atomic mass is 10.1. The minimum Gasteiger partial charge on any atom is -0.484 e. The number of rotatable bonds is 7. The molecule has 0 saturated carbocycles. The molecule has 1 N–H and O–H groups in total. The average Bonchev–Trinajstić information content (AvgIpc) is 2.68. The molecule has 0 radical (unpaired) electrons. The first-order valence-electron chi connectivity index (χ1n) is 9.19. The largest absolute Gasteiger partial charge is 0.484 e. The van der Waals surface area contributed by atoms with Crippen LogP contribution in [0, 0.1) is 20.8 Å². The Morgan fingerprint density at radius 1 is 1.11 bits per heavy atom. The quantitative estimate of drug-likeness (QED) is 0.766. The van der Waals surface area contributed by atoms with Gasteiger partial charge >= 0.3 is 0 Å². The molecule has 0 heterocycles. The fourth-order valence-electron chi connectivity index (χ4n) is 2.90. The maximum Gasteiger partial charge on any atom is 0.261 e. The van der Waals surface area contributed by atoms with E-state index in [9.17, 15) is 9.59 Å². The highest BCUT2D eigenvalue weighted by Gasteiger charge is 2.25. The van der Waals surface area contributed by atoms with E-state index in [-0.39, 0.29) is 18.4 Å². The smallest absolute Gasteiger partial charge is 0.261 e. The summed E-state index contributed by atoms with van der Waals surface area (Å²) in [6.07, 6.45) is 0. The van der Waals surface area contributed by atoms with Crippen LogP contribution in [0.3, 0.4) is 0 Å². The standard InChI is InChI=1S/C22H27ClN2O3/c1-14-6-8-18(9-7-14)12-25(17(4)22(27)24-5)20(26)13-28-19-10-15(2)21(23)16(3)11-19/h6-11,17H,12-13H2,1-5H3,(H,24,27). The first kappa shape index (κ1) is 21.8. The number of amides is 2. The van der Waals surface area contributed by atoms with Crippen molar-refractivity contribution in [2.75, 3.05) is 13.7 Å². The van der Waals surface area contributed by atoms with E-state index in [1.165, 1.54) is 4.90 Å². The molecule has 2 rings (SSSR count). The molecular weight excluding hydrogens is 376 g/mol. The van der Waals surface area contributed by atoms with Gasteiger partial charge in [0.25, 0.3) is 5.91 Å². The van der Waals surface area contributed by atoms with Crippen LogP contribution in [-0.2, 0) is 16.1 Å². The van der Waals surface area contributed by atoms with E-state index in [1.54, 1.807) is 26.1 Å². The van der Waals surface area contributed by atoms with Crippen LogP contribution < -0.4 is 10.1 Å². The summed E-state index contributed by atoms with van der Waals surface area (Å²) < 4.78 is 5.70. The van der Waals surface area contributed by atoms with Gasteiger partial charge in [-0.2, -0.15) is 0 Å². The van der Waals surface area contributed by atoms with E-state index in [0.717, 1.165) is 22.3 Å². The van der Waals surface area contributed by atoms with Crippen molar-refractivity contribution < 1.29 is 14.3 Å². The van der Waals surface area contributed by atoms with Gasteiger partial charge in [0.05, 0.1) is 0 Å². The third-order valence-corrected chi connectivity index (χ3v) is 5.26. The van der Waals surface area contributed by atoms with Crippen molar-refractivity contribution in [2.24, 2.45) is 0 Å². The summed E-state index contributed by atoms with van der Waals surface area (Å²) in [5.74, 6) is 0.0937. The summed E-state index contributed by atoms with van der Waals surface area (Å²) in [5.41, 5.74) is 3.87. The zero-order chi connectivity index (χ0) is 20.8. The molecule has 0 aromatic heterocycles. The van der Waals surface area contributed by atoms with Gasteiger partial charge in [0.15, 0.2) is 6.61 Å². The Morgan fingerprint density at radius 3 is 2.21 bits per heavy atom. The SMILES string of the molecule is CNC(=O)C(C)N(Cc1ccc(C)cc1)C(=O)COc1cc(C)c(Cl)c(C)c1. The van der Waals surface area contributed by atoms with E-state index >= 15 is 0 Å².